The van der Waals surface area contributed by atoms with E-state index in [1.54, 1.807) is 6.07 Å². The molecule has 346 valence electrons. The zero-order chi connectivity index (χ0) is 47.8. The number of hydrogen-bond acceptors (Lipinski definition) is 3. The molecule has 0 atom stereocenters. The van der Waals surface area contributed by atoms with Crippen LogP contribution in [0, 0.1) is 0 Å². The summed E-state index contributed by atoms with van der Waals surface area (Å²) >= 11 is 0. The van der Waals surface area contributed by atoms with E-state index in [1.165, 1.54) is 49.7 Å². The number of primary amides is 1. The monoisotopic (exact) mass is 890 g/mol. The number of hydrogen-bond donors (Lipinski definition) is 2. The summed E-state index contributed by atoms with van der Waals surface area (Å²) in [6.45, 7) is 22.6. The highest BCUT2D eigenvalue weighted by molar-refractivity contribution is 6.37. The molecule has 0 unspecified atom stereocenters. The zero-order valence-corrected chi connectivity index (χ0v) is 41.7. The summed E-state index contributed by atoms with van der Waals surface area (Å²) in [5.74, 6) is -0.434. The average molecular weight is 890 g/mol. The Hall–Kier alpha value is -6.20. The van der Waals surface area contributed by atoms with E-state index in [0.717, 1.165) is 84.4 Å². The second-order valence-corrected chi connectivity index (χ2v) is 21.0. The van der Waals surface area contributed by atoms with Gasteiger partial charge in [-0.25, -0.2) is 0 Å². The minimum absolute atomic E-state index is 0.0721. The first-order chi connectivity index (χ1) is 32.1. The van der Waals surface area contributed by atoms with Crippen LogP contribution in [0.1, 0.15) is 175 Å². The van der Waals surface area contributed by atoms with Crippen LogP contribution in [0.5, 0.6) is 0 Å². The molecule has 0 bridgehead atoms. The molecule has 0 aliphatic carbocycles. The third-order valence-electron chi connectivity index (χ3n) is 14.7. The molecule has 8 aromatic carbocycles. The summed E-state index contributed by atoms with van der Waals surface area (Å²) in [5.41, 5.74) is 16.0. The molecule has 0 spiro atoms. The number of nitrogens with one attached hydrogen (secondary N) is 1. The van der Waals surface area contributed by atoms with E-state index in [9.17, 15) is 9.59 Å². The zero-order valence-electron chi connectivity index (χ0n) is 41.7. The van der Waals surface area contributed by atoms with Crippen molar-refractivity contribution in [3.05, 3.63) is 155 Å². The summed E-state index contributed by atoms with van der Waals surface area (Å²) in [5, 5.41) is 11.1. The van der Waals surface area contributed by atoms with Gasteiger partial charge in [-0.3, -0.25) is 9.59 Å². The Morgan fingerprint density at radius 2 is 0.970 bits per heavy atom. The normalized spacial score (nSPS) is 12.4. The summed E-state index contributed by atoms with van der Waals surface area (Å²) < 4.78 is 0. The Morgan fingerprint density at radius 3 is 1.46 bits per heavy atom. The van der Waals surface area contributed by atoms with Gasteiger partial charge < -0.3 is 16.0 Å². The Labute approximate surface area is 399 Å². The van der Waals surface area contributed by atoms with Crippen molar-refractivity contribution < 1.29 is 9.59 Å². The minimum atomic E-state index is -0.566. The topological polar surface area (TPSA) is 75.4 Å². The van der Waals surface area contributed by atoms with Gasteiger partial charge in [-0.1, -0.05) is 187 Å². The lowest BCUT2D eigenvalue weighted by atomic mass is 9.80. The highest BCUT2D eigenvalue weighted by Gasteiger charge is 2.27. The van der Waals surface area contributed by atoms with Gasteiger partial charge in [-0.2, -0.15) is 0 Å². The number of unbranched alkanes of at least 4 members (excludes halogenated alkanes) is 4. The molecule has 0 aromatic heterocycles. The van der Waals surface area contributed by atoms with E-state index in [2.05, 4.69) is 183 Å². The summed E-state index contributed by atoms with van der Waals surface area (Å²) in [7, 11) is 0. The van der Waals surface area contributed by atoms with Crippen LogP contribution < -0.4 is 16.0 Å². The van der Waals surface area contributed by atoms with Crippen molar-refractivity contribution in [2.24, 2.45) is 5.73 Å². The van der Waals surface area contributed by atoms with Crippen LogP contribution >= 0.6 is 0 Å². The Balaban J connectivity index is 1.31. The lowest BCUT2D eigenvalue weighted by Crippen LogP contribution is -2.18. The summed E-state index contributed by atoms with van der Waals surface area (Å²) in [6, 6.07) is 43.5. The van der Waals surface area contributed by atoms with Crippen LogP contribution in [0.3, 0.4) is 0 Å². The second-order valence-electron chi connectivity index (χ2n) is 21.0. The van der Waals surface area contributed by atoms with E-state index in [0.29, 0.717) is 16.5 Å². The fourth-order valence-electron chi connectivity index (χ4n) is 10.7. The molecule has 0 radical (unpaired) electrons. The lowest BCUT2D eigenvalue weighted by molar-refractivity contribution is 0.100. The number of anilines is 4. The molecule has 8 rings (SSSR count). The van der Waals surface area contributed by atoms with E-state index in [1.807, 2.05) is 12.1 Å². The molecule has 8 aromatic rings. The van der Waals surface area contributed by atoms with Gasteiger partial charge in [0.1, 0.15) is 0 Å². The smallest absolute Gasteiger partial charge is 0.256 e. The molecule has 3 N–H and O–H groups in total. The number of benzene rings is 8. The lowest BCUT2D eigenvalue weighted by Gasteiger charge is -2.31. The van der Waals surface area contributed by atoms with Crippen LogP contribution in [0.2, 0.25) is 0 Å². The Morgan fingerprint density at radius 1 is 0.522 bits per heavy atom. The molecule has 2 amide bonds. The Bertz CT molecular complexity index is 2950. The van der Waals surface area contributed by atoms with Crippen LogP contribution in [-0.4, -0.2) is 11.8 Å². The predicted octanol–water partition coefficient (Wildman–Crippen LogP) is 17.5. The number of para-hydroxylation sites is 1. The first-order valence-electron chi connectivity index (χ1n) is 25.0. The van der Waals surface area contributed by atoms with Crippen LogP contribution in [0.4, 0.5) is 22.7 Å². The van der Waals surface area contributed by atoms with Crippen molar-refractivity contribution in [1.29, 1.82) is 0 Å². The predicted molar refractivity (Wildman–Crippen MR) is 288 cm³/mol. The number of carbonyl (C=O) groups excluding carboxylic acids is 2. The molecular weight excluding hydrogens is 819 g/mol. The van der Waals surface area contributed by atoms with Crippen LogP contribution in [0.25, 0.3) is 43.1 Å². The van der Waals surface area contributed by atoms with E-state index < -0.39 is 5.91 Å². The van der Waals surface area contributed by atoms with Gasteiger partial charge in [0.25, 0.3) is 5.91 Å². The van der Waals surface area contributed by atoms with E-state index >= 15 is 0 Å². The third-order valence-corrected chi connectivity index (χ3v) is 14.7. The van der Waals surface area contributed by atoms with Gasteiger partial charge >= 0.3 is 0 Å². The maximum Gasteiger partial charge on any atom is 0.256 e. The molecule has 5 heteroatoms. The highest BCUT2D eigenvalue weighted by atomic mass is 16.2. The van der Waals surface area contributed by atoms with Gasteiger partial charge in [0.05, 0.1) is 5.69 Å². The summed E-state index contributed by atoms with van der Waals surface area (Å²) in [4.78, 5) is 30.5. The fraction of sp³-hybridized carbons (Fsp3) is 0.355. The first-order valence-corrected chi connectivity index (χ1v) is 25.0. The molecule has 5 nitrogen and oxygen atoms in total. The van der Waals surface area contributed by atoms with Gasteiger partial charge in [0.2, 0.25) is 5.91 Å². The molecule has 0 saturated heterocycles. The van der Waals surface area contributed by atoms with Crippen LogP contribution in [0.15, 0.2) is 121 Å². The number of rotatable bonds is 18. The number of nitrogens with two attached hydrogens (primary N) is 1. The van der Waals surface area contributed by atoms with Gasteiger partial charge in [-0.15, -0.1) is 0 Å². The average Bonchev–Trinajstić information content (AvgIpc) is 3.31. The van der Waals surface area contributed by atoms with E-state index in [4.69, 9.17) is 5.73 Å². The molecule has 67 heavy (non-hydrogen) atoms. The second kappa shape index (κ2) is 19.2. The SMILES string of the molecule is CCCCCC(C)(C)c1ccc(N(c2ccc(C(C)(C)CCCCC)cc2)c2ccc3c4ccc(C(N)=O)c5c(C(=O)Nc6c(C(C)C)cccc6C(C)C)ccc(c6cccc2c36)c54)cc1. The minimum Gasteiger partial charge on any atom is -0.366 e. The molecular formula is C62H71N3O2. The van der Waals surface area contributed by atoms with Crippen molar-refractivity contribution in [3.63, 3.8) is 0 Å². The number of carbonyl (C=O) groups is 2. The summed E-state index contributed by atoms with van der Waals surface area (Å²) in [6.07, 6.45) is 9.68. The van der Waals surface area contributed by atoms with Gasteiger partial charge in [0.15, 0.2) is 0 Å². The fourth-order valence-corrected chi connectivity index (χ4v) is 10.7. The standard InChI is InChI=1S/C62H71N3O2/c1-11-13-15-37-61(7,8)41-23-27-43(28-24-41)65(44-29-25-42(26-30-44)62(9,10)38-16-14-12-2)54-36-35-48-50-31-33-52(59(63)66)57-53(34-32-49(56(50)57)47-21-18-22-51(54)55(47)48)60(67)64-58-45(39(3)4)19-17-20-46(58)40(5)6/h17-36,39-40H,11-16,37-38H2,1-10H3,(H2,63,66)(H,64,67). The first kappa shape index (κ1) is 47.3. The number of amides is 2. The van der Waals surface area contributed by atoms with Crippen molar-refractivity contribution in [1.82, 2.24) is 0 Å². The van der Waals surface area contributed by atoms with Crippen molar-refractivity contribution in [2.75, 3.05) is 10.2 Å². The maximum atomic E-state index is 14.7. The number of nitrogens with zero attached hydrogens (tertiary/aromatic N) is 1. The Kier molecular flexibility index (Phi) is 13.5. The van der Waals surface area contributed by atoms with Gasteiger partial charge in [0, 0.05) is 39.0 Å². The molecule has 0 aliphatic heterocycles. The molecule has 0 heterocycles. The van der Waals surface area contributed by atoms with Crippen molar-refractivity contribution >= 4 is 77.7 Å². The third kappa shape index (κ3) is 9.02. The highest BCUT2D eigenvalue weighted by Crippen LogP contribution is 2.48. The van der Waals surface area contributed by atoms with Crippen LogP contribution in [-0.2, 0) is 10.8 Å². The van der Waals surface area contributed by atoms with Gasteiger partial charge in [-0.05, 0) is 133 Å². The number of fused-ring (bicyclic) bond motifs is 2. The largest absolute Gasteiger partial charge is 0.366 e. The molecule has 0 fully saturated rings. The molecule has 0 saturated carbocycles. The van der Waals surface area contributed by atoms with Crippen molar-refractivity contribution in [3.8, 4) is 0 Å². The maximum absolute atomic E-state index is 14.7. The quantitative estimate of drug-likeness (QED) is 0.0512. The molecule has 0 aliphatic rings. The van der Waals surface area contributed by atoms with E-state index in [-0.39, 0.29) is 28.6 Å². The van der Waals surface area contributed by atoms with Crippen molar-refractivity contribution in [2.45, 2.75) is 143 Å².